The highest BCUT2D eigenvalue weighted by atomic mass is 16.5. The van der Waals surface area contributed by atoms with Crippen molar-refractivity contribution in [2.75, 3.05) is 6.61 Å². The highest BCUT2D eigenvalue weighted by Crippen LogP contribution is 2.21. The Bertz CT molecular complexity index is 537. The van der Waals surface area contributed by atoms with E-state index in [1.54, 1.807) is 24.3 Å². The maximum atomic E-state index is 11.8. The minimum Gasteiger partial charge on any atom is -0.462 e. The molecule has 2 aromatic carbocycles. The number of esters is 1. The highest BCUT2D eigenvalue weighted by Gasteiger charge is 2.18. The Labute approximate surface area is 118 Å². The molecule has 1 N–H and O–H groups in total. The fourth-order valence-corrected chi connectivity index (χ4v) is 1.93. The van der Waals surface area contributed by atoms with Crippen molar-refractivity contribution in [2.24, 2.45) is 5.92 Å². The predicted octanol–water partition coefficient (Wildman–Crippen LogP) is 3.21. The SMILES string of the molecule is C[C@H](COC(=O)c1ccccc1)[C@H](O)c1ccccc1. The summed E-state index contributed by atoms with van der Waals surface area (Å²) >= 11 is 0. The summed E-state index contributed by atoms with van der Waals surface area (Å²) in [5.74, 6) is -0.525. The second kappa shape index (κ2) is 6.87. The molecule has 3 nitrogen and oxygen atoms in total. The van der Waals surface area contributed by atoms with Gasteiger partial charge >= 0.3 is 5.97 Å². The lowest BCUT2D eigenvalue weighted by Gasteiger charge is -2.19. The Balaban J connectivity index is 1.89. The van der Waals surface area contributed by atoms with Crippen LogP contribution < -0.4 is 0 Å². The van der Waals surface area contributed by atoms with Gasteiger partial charge in [-0.05, 0) is 17.7 Å². The van der Waals surface area contributed by atoms with Gasteiger partial charge < -0.3 is 9.84 Å². The van der Waals surface area contributed by atoms with E-state index in [1.165, 1.54) is 0 Å². The maximum Gasteiger partial charge on any atom is 0.338 e. The molecule has 0 radical (unpaired) electrons. The average molecular weight is 270 g/mol. The third-order valence-corrected chi connectivity index (χ3v) is 3.17. The van der Waals surface area contributed by atoms with Crippen LogP contribution in [-0.4, -0.2) is 17.7 Å². The molecule has 104 valence electrons. The molecule has 0 bridgehead atoms. The number of ether oxygens (including phenoxy) is 1. The number of aliphatic hydroxyl groups is 1. The molecule has 2 atom stereocenters. The van der Waals surface area contributed by atoms with E-state index in [2.05, 4.69) is 0 Å². The van der Waals surface area contributed by atoms with E-state index in [-0.39, 0.29) is 18.5 Å². The molecule has 0 aliphatic heterocycles. The monoisotopic (exact) mass is 270 g/mol. The number of carbonyl (C=O) groups excluding carboxylic acids is 1. The predicted molar refractivity (Wildman–Crippen MR) is 77.3 cm³/mol. The van der Waals surface area contributed by atoms with Crippen molar-refractivity contribution in [3.8, 4) is 0 Å². The van der Waals surface area contributed by atoms with Crippen LogP contribution in [0.15, 0.2) is 60.7 Å². The van der Waals surface area contributed by atoms with Crippen molar-refractivity contribution in [1.82, 2.24) is 0 Å². The van der Waals surface area contributed by atoms with Gasteiger partial charge in [0.05, 0.1) is 18.3 Å². The Morgan fingerprint density at radius 2 is 1.60 bits per heavy atom. The van der Waals surface area contributed by atoms with E-state index in [0.717, 1.165) is 5.56 Å². The van der Waals surface area contributed by atoms with Gasteiger partial charge in [0.2, 0.25) is 0 Å². The van der Waals surface area contributed by atoms with Gasteiger partial charge in [0, 0.05) is 5.92 Å². The molecule has 0 saturated heterocycles. The minimum absolute atomic E-state index is 0.162. The van der Waals surface area contributed by atoms with Gasteiger partial charge in [-0.1, -0.05) is 55.5 Å². The Morgan fingerprint density at radius 3 is 2.20 bits per heavy atom. The van der Waals surface area contributed by atoms with Gasteiger partial charge in [-0.15, -0.1) is 0 Å². The number of benzene rings is 2. The fraction of sp³-hybridized carbons (Fsp3) is 0.235. The number of hydrogen-bond donors (Lipinski definition) is 1. The van der Waals surface area contributed by atoms with Crippen LogP contribution in [0.25, 0.3) is 0 Å². The van der Waals surface area contributed by atoms with Gasteiger partial charge in [0.25, 0.3) is 0 Å². The smallest absolute Gasteiger partial charge is 0.338 e. The summed E-state index contributed by atoms with van der Waals surface area (Å²) in [6.07, 6.45) is -0.639. The topological polar surface area (TPSA) is 46.5 Å². The first-order valence-electron chi connectivity index (χ1n) is 6.63. The summed E-state index contributed by atoms with van der Waals surface area (Å²) in [4.78, 5) is 11.8. The summed E-state index contributed by atoms with van der Waals surface area (Å²) in [5.41, 5.74) is 1.35. The van der Waals surface area contributed by atoms with Crippen LogP contribution in [0.4, 0.5) is 0 Å². The van der Waals surface area contributed by atoms with Crippen LogP contribution in [0.5, 0.6) is 0 Å². The van der Waals surface area contributed by atoms with Crippen molar-refractivity contribution in [1.29, 1.82) is 0 Å². The molecule has 0 aliphatic rings. The molecule has 2 rings (SSSR count). The summed E-state index contributed by atoms with van der Waals surface area (Å²) in [6, 6.07) is 18.2. The van der Waals surface area contributed by atoms with Gasteiger partial charge in [-0.2, -0.15) is 0 Å². The minimum atomic E-state index is -0.639. The Morgan fingerprint density at radius 1 is 1.05 bits per heavy atom. The lowest BCUT2D eigenvalue weighted by Crippen LogP contribution is -2.18. The molecule has 2 aromatic rings. The first-order valence-corrected chi connectivity index (χ1v) is 6.63. The molecule has 0 aromatic heterocycles. The Kier molecular flexibility index (Phi) is 4.91. The molecule has 0 saturated carbocycles. The van der Waals surface area contributed by atoms with Crippen molar-refractivity contribution in [3.05, 3.63) is 71.8 Å². The fourth-order valence-electron chi connectivity index (χ4n) is 1.93. The molecule has 20 heavy (non-hydrogen) atoms. The summed E-state index contributed by atoms with van der Waals surface area (Å²) in [6.45, 7) is 2.04. The quantitative estimate of drug-likeness (QED) is 0.849. The molecule has 0 fully saturated rings. The van der Waals surface area contributed by atoms with Crippen molar-refractivity contribution < 1.29 is 14.6 Å². The largest absolute Gasteiger partial charge is 0.462 e. The van der Waals surface area contributed by atoms with Crippen LogP contribution in [-0.2, 0) is 4.74 Å². The molecular weight excluding hydrogens is 252 g/mol. The van der Waals surface area contributed by atoms with Gasteiger partial charge in [0.1, 0.15) is 0 Å². The second-order valence-electron chi connectivity index (χ2n) is 4.80. The number of carbonyl (C=O) groups is 1. The summed E-state index contributed by atoms with van der Waals surface area (Å²) in [7, 11) is 0. The molecular formula is C17H18O3. The zero-order valence-electron chi connectivity index (χ0n) is 11.4. The zero-order chi connectivity index (χ0) is 14.4. The Hall–Kier alpha value is -2.13. The number of rotatable bonds is 5. The van der Waals surface area contributed by atoms with Crippen molar-refractivity contribution in [2.45, 2.75) is 13.0 Å². The lowest BCUT2D eigenvalue weighted by atomic mass is 9.98. The first kappa shape index (κ1) is 14.3. The van der Waals surface area contributed by atoms with Gasteiger partial charge in [-0.3, -0.25) is 0 Å². The van der Waals surface area contributed by atoms with E-state index < -0.39 is 6.10 Å². The molecule has 3 heteroatoms. The number of hydrogen-bond acceptors (Lipinski definition) is 3. The third kappa shape index (κ3) is 3.68. The van der Waals surface area contributed by atoms with Crippen LogP contribution in [0, 0.1) is 5.92 Å². The van der Waals surface area contributed by atoms with Crippen LogP contribution in [0.1, 0.15) is 28.9 Å². The van der Waals surface area contributed by atoms with Crippen LogP contribution in [0.3, 0.4) is 0 Å². The normalized spacial score (nSPS) is 13.5. The molecule has 0 amide bonds. The first-order chi connectivity index (χ1) is 9.68. The van der Waals surface area contributed by atoms with Crippen molar-refractivity contribution in [3.63, 3.8) is 0 Å². The van der Waals surface area contributed by atoms with Gasteiger partial charge in [-0.25, -0.2) is 4.79 Å². The standard InChI is InChI=1S/C17H18O3/c1-13(16(18)14-8-4-2-5-9-14)12-20-17(19)15-10-6-3-7-11-15/h2-11,13,16,18H,12H2,1H3/t13-,16+/m1/s1. The van der Waals surface area contributed by atoms with Crippen LogP contribution in [0.2, 0.25) is 0 Å². The summed E-state index contributed by atoms with van der Waals surface area (Å²) < 4.78 is 5.23. The van der Waals surface area contributed by atoms with E-state index in [0.29, 0.717) is 5.56 Å². The van der Waals surface area contributed by atoms with E-state index in [1.807, 2.05) is 43.3 Å². The molecule has 0 unspecified atom stereocenters. The lowest BCUT2D eigenvalue weighted by molar-refractivity contribution is 0.0263. The zero-order valence-corrected chi connectivity index (χ0v) is 11.4. The number of aliphatic hydroxyl groups excluding tert-OH is 1. The molecule has 0 heterocycles. The van der Waals surface area contributed by atoms with E-state index in [4.69, 9.17) is 4.74 Å². The average Bonchev–Trinajstić information content (AvgIpc) is 2.53. The third-order valence-electron chi connectivity index (χ3n) is 3.17. The molecule has 0 aliphatic carbocycles. The highest BCUT2D eigenvalue weighted by molar-refractivity contribution is 5.89. The van der Waals surface area contributed by atoms with E-state index in [9.17, 15) is 9.90 Å². The van der Waals surface area contributed by atoms with E-state index >= 15 is 0 Å². The summed E-state index contributed by atoms with van der Waals surface area (Å²) in [5, 5.41) is 10.2. The second-order valence-corrected chi connectivity index (χ2v) is 4.80. The maximum absolute atomic E-state index is 11.8. The molecule has 0 spiro atoms. The van der Waals surface area contributed by atoms with Gasteiger partial charge in [0.15, 0.2) is 0 Å². The van der Waals surface area contributed by atoms with Crippen LogP contribution >= 0.6 is 0 Å². The van der Waals surface area contributed by atoms with Crippen molar-refractivity contribution >= 4 is 5.97 Å².